The summed E-state index contributed by atoms with van der Waals surface area (Å²) in [6.07, 6.45) is 0. The van der Waals surface area contributed by atoms with Gasteiger partial charge >= 0.3 is 0 Å². The lowest BCUT2D eigenvalue weighted by molar-refractivity contribution is 0.215. The number of aromatic nitrogens is 2. The SMILES string of the molecule is COc1cccc(N2CCN(Cc3nc(-c4ccc(Cl)cc4)no3)CC2)c1. The Hall–Kier alpha value is -2.57. The van der Waals surface area contributed by atoms with Crippen LogP contribution in [0, 0.1) is 0 Å². The highest BCUT2D eigenvalue weighted by atomic mass is 35.5. The van der Waals surface area contributed by atoms with Crippen molar-refractivity contribution in [3.05, 3.63) is 59.4 Å². The Bertz CT molecular complexity index is 889. The summed E-state index contributed by atoms with van der Waals surface area (Å²) in [5.41, 5.74) is 2.09. The molecule has 7 heteroatoms. The minimum atomic E-state index is 0.594. The quantitative estimate of drug-likeness (QED) is 0.668. The van der Waals surface area contributed by atoms with Gasteiger partial charge in [-0.1, -0.05) is 22.8 Å². The van der Waals surface area contributed by atoms with E-state index in [1.807, 2.05) is 36.4 Å². The van der Waals surface area contributed by atoms with Gasteiger partial charge in [-0.3, -0.25) is 4.90 Å². The third kappa shape index (κ3) is 4.23. The lowest BCUT2D eigenvalue weighted by Gasteiger charge is -2.35. The second kappa shape index (κ2) is 7.98. The zero-order chi connectivity index (χ0) is 18.6. The predicted octanol–water partition coefficient (Wildman–Crippen LogP) is 3.72. The van der Waals surface area contributed by atoms with Crippen LogP contribution in [0.25, 0.3) is 11.4 Å². The first-order valence-corrected chi connectivity index (χ1v) is 9.29. The smallest absolute Gasteiger partial charge is 0.241 e. The number of hydrogen-bond acceptors (Lipinski definition) is 6. The Morgan fingerprint density at radius 3 is 2.59 bits per heavy atom. The Balaban J connectivity index is 1.35. The van der Waals surface area contributed by atoms with Gasteiger partial charge in [-0.05, 0) is 36.4 Å². The highest BCUT2D eigenvalue weighted by Gasteiger charge is 2.20. The average molecular weight is 385 g/mol. The Kier molecular flexibility index (Phi) is 5.27. The Morgan fingerprint density at radius 1 is 1.07 bits per heavy atom. The van der Waals surface area contributed by atoms with Crippen molar-refractivity contribution in [1.29, 1.82) is 0 Å². The molecule has 2 heterocycles. The topological polar surface area (TPSA) is 54.6 Å². The number of benzene rings is 2. The van der Waals surface area contributed by atoms with E-state index in [1.54, 1.807) is 7.11 Å². The summed E-state index contributed by atoms with van der Waals surface area (Å²) in [5.74, 6) is 2.11. The van der Waals surface area contributed by atoms with Gasteiger partial charge in [-0.15, -0.1) is 0 Å². The van der Waals surface area contributed by atoms with Crippen molar-refractivity contribution in [1.82, 2.24) is 15.0 Å². The first-order valence-electron chi connectivity index (χ1n) is 8.91. The van der Waals surface area contributed by atoms with Crippen molar-refractivity contribution in [2.75, 3.05) is 38.2 Å². The monoisotopic (exact) mass is 384 g/mol. The number of anilines is 1. The molecule has 4 rings (SSSR count). The average Bonchev–Trinajstić information content (AvgIpc) is 3.17. The fraction of sp³-hybridized carbons (Fsp3) is 0.300. The van der Waals surface area contributed by atoms with Crippen LogP contribution in [-0.4, -0.2) is 48.3 Å². The molecule has 0 amide bonds. The van der Waals surface area contributed by atoms with Crippen LogP contribution >= 0.6 is 11.6 Å². The van der Waals surface area contributed by atoms with Gasteiger partial charge in [0.2, 0.25) is 11.7 Å². The maximum Gasteiger partial charge on any atom is 0.241 e. The van der Waals surface area contributed by atoms with E-state index in [9.17, 15) is 0 Å². The van der Waals surface area contributed by atoms with Crippen LogP contribution in [0.3, 0.4) is 0 Å². The second-order valence-electron chi connectivity index (χ2n) is 6.48. The summed E-state index contributed by atoms with van der Waals surface area (Å²) in [6.45, 7) is 4.44. The lowest BCUT2D eigenvalue weighted by atomic mass is 10.2. The van der Waals surface area contributed by atoms with Crippen LogP contribution in [0.15, 0.2) is 53.1 Å². The van der Waals surface area contributed by atoms with E-state index < -0.39 is 0 Å². The van der Waals surface area contributed by atoms with E-state index >= 15 is 0 Å². The molecule has 0 N–H and O–H groups in total. The molecule has 6 nitrogen and oxygen atoms in total. The molecule has 140 valence electrons. The largest absolute Gasteiger partial charge is 0.497 e. The molecule has 0 atom stereocenters. The predicted molar refractivity (Wildman–Crippen MR) is 105 cm³/mol. The van der Waals surface area contributed by atoms with E-state index in [0.29, 0.717) is 23.3 Å². The number of ether oxygens (including phenoxy) is 1. The molecule has 2 aromatic carbocycles. The molecule has 0 bridgehead atoms. The number of piperazine rings is 1. The minimum Gasteiger partial charge on any atom is -0.497 e. The van der Waals surface area contributed by atoms with Crippen LogP contribution in [0.5, 0.6) is 5.75 Å². The van der Waals surface area contributed by atoms with E-state index in [2.05, 4.69) is 32.1 Å². The van der Waals surface area contributed by atoms with Crippen molar-refractivity contribution in [3.8, 4) is 17.1 Å². The molecule has 27 heavy (non-hydrogen) atoms. The van der Waals surface area contributed by atoms with Crippen molar-refractivity contribution in [3.63, 3.8) is 0 Å². The van der Waals surface area contributed by atoms with Crippen molar-refractivity contribution >= 4 is 17.3 Å². The van der Waals surface area contributed by atoms with Gasteiger partial charge in [0.15, 0.2) is 0 Å². The molecule has 0 aliphatic carbocycles. The molecular weight excluding hydrogens is 364 g/mol. The summed E-state index contributed by atoms with van der Waals surface area (Å²) in [4.78, 5) is 9.21. The van der Waals surface area contributed by atoms with Crippen LogP contribution in [0.2, 0.25) is 5.02 Å². The van der Waals surface area contributed by atoms with Gasteiger partial charge in [0, 0.05) is 48.5 Å². The highest BCUT2D eigenvalue weighted by molar-refractivity contribution is 6.30. The van der Waals surface area contributed by atoms with Crippen molar-refractivity contribution < 1.29 is 9.26 Å². The summed E-state index contributed by atoms with van der Waals surface area (Å²) < 4.78 is 10.7. The Morgan fingerprint density at radius 2 is 1.85 bits per heavy atom. The molecule has 1 aromatic heterocycles. The van der Waals surface area contributed by atoms with Gasteiger partial charge in [0.05, 0.1) is 13.7 Å². The minimum absolute atomic E-state index is 0.594. The van der Waals surface area contributed by atoms with Gasteiger partial charge in [-0.25, -0.2) is 0 Å². The van der Waals surface area contributed by atoms with Crippen LogP contribution in [0.4, 0.5) is 5.69 Å². The molecule has 1 saturated heterocycles. The number of nitrogens with zero attached hydrogens (tertiary/aromatic N) is 4. The van der Waals surface area contributed by atoms with Crippen LogP contribution in [0.1, 0.15) is 5.89 Å². The standard InChI is InChI=1S/C20H21ClN4O2/c1-26-18-4-2-3-17(13-18)25-11-9-24(10-12-25)14-19-22-20(23-27-19)15-5-7-16(21)8-6-15/h2-8,13H,9-12,14H2,1H3. The number of halogens is 1. The van der Waals surface area contributed by atoms with Gasteiger partial charge in [0.1, 0.15) is 5.75 Å². The molecule has 0 radical (unpaired) electrons. The molecule has 0 unspecified atom stereocenters. The number of rotatable bonds is 5. The van der Waals surface area contributed by atoms with Crippen molar-refractivity contribution in [2.45, 2.75) is 6.54 Å². The maximum atomic E-state index is 5.92. The summed E-state index contributed by atoms with van der Waals surface area (Å²) >= 11 is 5.92. The van der Waals surface area contributed by atoms with E-state index in [1.165, 1.54) is 5.69 Å². The summed E-state index contributed by atoms with van der Waals surface area (Å²) in [6, 6.07) is 15.6. The zero-order valence-electron chi connectivity index (χ0n) is 15.1. The molecule has 1 fully saturated rings. The first-order chi connectivity index (χ1) is 13.2. The van der Waals surface area contributed by atoms with Gasteiger partial charge in [0.25, 0.3) is 0 Å². The fourth-order valence-corrected chi connectivity index (χ4v) is 3.32. The summed E-state index contributed by atoms with van der Waals surface area (Å²) in [5, 5.41) is 4.77. The van der Waals surface area contributed by atoms with Crippen LogP contribution in [-0.2, 0) is 6.54 Å². The van der Waals surface area contributed by atoms with Gasteiger partial charge in [-0.2, -0.15) is 4.98 Å². The third-order valence-electron chi connectivity index (χ3n) is 4.72. The number of hydrogen-bond donors (Lipinski definition) is 0. The molecule has 0 saturated carbocycles. The van der Waals surface area contributed by atoms with Gasteiger partial charge < -0.3 is 14.2 Å². The highest BCUT2D eigenvalue weighted by Crippen LogP contribution is 2.23. The first kappa shape index (κ1) is 17.8. The number of methoxy groups -OCH3 is 1. The van der Waals surface area contributed by atoms with E-state index in [4.69, 9.17) is 20.9 Å². The zero-order valence-corrected chi connectivity index (χ0v) is 15.9. The second-order valence-corrected chi connectivity index (χ2v) is 6.92. The fourth-order valence-electron chi connectivity index (χ4n) is 3.20. The molecule has 3 aromatic rings. The molecular formula is C20H21ClN4O2. The normalized spacial score (nSPS) is 15.1. The third-order valence-corrected chi connectivity index (χ3v) is 4.97. The molecule has 0 spiro atoms. The molecule has 1 aliphatic rings. The molecule has 1 aliphatic heterocycles. The van der Waals surface area contributed by atoms with Crippen LogP contribution < -0.4 is 9.64 Å². The van der Waals surface area contributed by atoms with E-state index in [0.717, 1.165) is 37.5 Å². The van der Waals surface area contributed by atoms with E-state index in [-0.39, 0.29) is 0 Å². The lowest BCUT2D eigenvalue weighted by Crippen LogP contribution is -2.46. The summed E-state index contributed by atoms with van der Waals surface area (Å²) in [7, 11) is 1.69. The van der Waals surface area contributed by atoms with Crippen molar-refractivity contribution in [2.24, 2.45) is 0 Å². The maximum absolute atomic E-state index is 5.92. The Labute approximate surface area is 163 Å².